The number of quaternary nitrogens is 1. The van der Waals surface area contributed by atoms with Crippen LogP contribution in [0.3, 0.4) is 0 Å². The van der Waals surface area contributed by atoms with Crippen molar-refractivity contribution in [3.05, 3.63) is 35.9 Å². The van der Waals surface area contributed by atoms with Gasteiger partial charge in [0.2, 0.25) is 6.23 Å². The molecular formula is C14H22NO2+. The number of aliphatic hydroxyl groups excluding tert-OH is 1. The minimum atomic E-state index is -0.0544. The van der Waals surface area contributed by atoms with Crippen LogP contribution in [0.25, 0.3) is 0 Å². The molecule has 1 aliphatic rings. The van der Waals surface area contributed by atoms with E-state index in [0.717, 1.165) is 12.1 Å². The highest BCUT2D eigenvalue weighted by Gasteiger charge is 2.51. The molecule has 17 heavy (non-hydrogen) atoms. The van der Waals surface area contributed by atoms with Crippen LogP contribution in [0, 0.1) is 0 Å². The number of hydrogen-bond acceptors (Lipinski definition) is 2. The average molecular weight is 236 g/mol. The lowest BCUT2D eigenvalue weighted by atomic mass is 9.99. The van der Waals surface area contributed by atoms with Gasteiger partial charge in [-0.05, 0) is 20.8 Å². The van der Waals surface area contributed by atoms with Crippen LogP contribution in [-0.4, -0.2) is 35.0 Å². The molecule has 2 rings (SSSR count). The summed E-state index contributed by atoms with van der Waals surface area (Å²) < 4.78 is 6.46. The molecule has 94 valence electrons. The van der Waals surface area contributed by atoms with Crippen LogP contribution in [0.15, 0.2) is 30.3 Å². The Bertz CT molecular complexity index is 372. The zero-order chi connectivity index (χ0) is 12.5. The van der Waals surface area contributed by atoms with Crippen molar-refractivity contribution >= 4 is 0 Å². The van der Waals surface area contributed by atoms with Crippen molar-refractivity contribution < 1.29 is 14.3 Å². The summed E-state index contributed by atoms with van der Waals surface area (Å²) >= 11 is 0. The predicted molar refractivity (Wildman–Crippen MR) is 67.1 cm³/mol. The van der Waals surface area contributed by atoms with E-state index in [2.05, 4.69) is 32.9 Å². The molecule has 0 bridgehead atoms. The highest BCUT2D eigenvalue weighted by molar-refractivity contribution is 5.16. The van der Waals surface area contributed by atoms with Gasteiger partial charge in [0.15, 0.2) is 6.73 Å². The number of nitrogens with zero attached hydrogens (tertiary/aromatic N) is 1. The molecule has 1 fully saturated rings. The molecule has 2 atom stereocenters. The van der Waals surface area contributed by atoms with Gasteiger partial charge in [-0.1, -0.05) is 30.3 Å². The molecule has 0 saturated carbocycles. The molecule has 1 aromatic carbocycles. The Morgan fingerprint density at radius 3 is 2.47 bits per heavy atom. The molecule has 0 amide bonds. The summed E-state index contributed by atoms with van der Waals surface area (Å²) in [5, 5.41) is 9.88. The van der Waals surface area contributed by atoms with Gasteiger partial charge in [0.05, 0.1) is 5.54 Å². The van der Waals surface area contributed by atoms with E-state index < -0.39 is 0 Å². The molecule has 0 aliphatic carbocycles. The van der Waals surface area contributed by atoms with Crippen LogP contribution in [-0.2, 0) is 4.74 Å². The van der Waals surface area contributed by atoms with Gasteiger partial charge in [-0.25, -0.2) is 0 Å². The summed E-state index contributed by atoms with van der Waals surface area (Å²) in [6.07, 6.45) is -0.0544. The molecule has 3 nitrogen and oxygen atoms in total. The lowest BCUT2D eigenvalue weighted by molar-refractivity contribution is -1.01. The first-order valence-electron chi connectivity index (χ1n) is 6.15. The molecule has 1 unspecified atom stereocenters. The maximum absolute atomic E-state index is 9.88. The Kier molecular flexibility index (Phi) is 3.25. The summed E-state index contributed by atoms with van der Waals surface area (Å²) in [6, 6.07) is 10.2. The molecule has 1 saturated heterocycles. The van der Waals surface area contributed by atoms with Gasteiger partial charge in [-0.2, -0.15) is 0 Å². The van der Waals surface area contributed by atoms with E-state index in [0.29, 0.717) is 11.1 Å². The number of aliphatic hydroxyl groups is 1. The van der Waals surface area contributed by atoms with E-state index in [1.807, 2.05) is 18.2 Å². The third-order valence-electron chi connectivity index (χ3n) is 3.89. The Morgan fingerprint density at radius 2 is 1.94 bits per heavy atom. The van der Waals surface area contributed by atoms with E-state index in [1.165, 1.54) is 0 Å². The molecule has 1 heterocycles. The van der Waals surface area contributed by atoms with Crippen molar-refractivity contribution in [2.45, 2.75) is 32.5 Å². The molecule has 0 radical (unpaired) electrons. The van der Waals surface area contributed by atoms with E-state index in [1.54, 1.807) is 0 Å². The van der Waals surface area contributed by atoms with Crippen LogP contribution in [0.1, 0.15) is 32.6 Å². The van der Waals surface area contributed by atoms with Crippen molar-refractivity contribution in [2.24, 2.45) is 0 Å². The SMILES string of the molecule is CC(C)(C)[N@+]1(CO)CCOC1c1ccccc1. The lowest BCUT2D eigenvalue weighted by Crippen LogP contribution is -2.60. The summed E-state index contributed by atoms with van der Waals surface area (Å²) in [7, 11) is 0. The first-order valence-corrected chi connectivity index (χ1v) is 6.15. The molecule has 1 aliphatic heterocycles. The third kappa shape index (κ3) is 1.99. The van der Waals surface area contributed by atoms with Crippen molar-refractivity contribution in [3.8, 4) is 0 Å². The molecule has 1 N–H and O–H groups in total. The van der Waals surface area contributed by atoms with Gasteiger partial charge >= 0.3 is 0 Å². The van der Waals surface area contributed by atoms with Gasteiger partial charge in [-0.15, -0.1) is 0 Å². The first kappa shape index (κ1) is 12.6. The fourth-order valence-corrected chi connectivity index (χ4v) is 2.63. The number of ether oxygens (including phenoxy) is 1. The number of rotatable bonds is 2. The largest absolute Gasteiger partial charge is 0.347 e. The summed E-state index contributed by atoms with van der Waals surface area (Å²) in [5.41, 5.74) is 1.11. The van der Waals surface area contributed by atoms with E-state index >= 15 is 0 Å². The third-order valence-corrected chi connectivity index (χ3v) is 3.89. The topological polar surface area (TPSA) is 29.5 Å². The van der Waals surface area contributed by atoms with Gasteiger partial charge in [0.25, 0.3) is 0 Å². The molecule has 0 spiro atoms. The van der Waals surface area contributed by atoms with Crippen LogP contribution < -0.4 is 0 Å². The van der Waals surface area contributed by atoms with Crippen LogP contribution in [0.2, 0.25) is 0 Å². The minimum Gasteiger partial charge on any atom is -0.347 e. The fraction of sp³-hybridized carbons (Fsp3) is 0.571. The zero-order valence-electron chi connectivity index (χ0n) is 10.9. The smallest absolute Gasteiger partial charge is 0.222 e. The second kappa shape index (κ2) is 4.41. The van der Waals surface area contributed by atoms with Gasteiger partial charge in [0, 0.05) is 5.56 Å². The monoisotopic (exact) mass is 236 g/mol. The van der Waals surface area contributed by atoms with E-state index in [-0.39, 0.29) is 18.5 Å². The van der Waals surface area contributed by atoms with E-state index in [4.69, 9.17) is 4.74 Å². The average Bonchev–Trinajstić information content (AvgIpc) is 2.74. The highest BCUT2D eigenvalue weighted by atomic mass is 16.5. The summed E-state index contributed by atoms with van der Waals surface area (Å²) in [5.74, 6) is 0. The summed E-state index contributed by atoms with van der Waals surface area (Å²) in [6.45, 7) is 8.16. The molecule has 3 heteroatoms. The predicted octanol–water partition coefficient (Wildman–Crippen LogP) is 2.28. The number of hydrogen-bond donors (Lipinski definition) is 1. The van der Waals surface area contributed by atoms with Crippen molar-refractivity contribution in [1.82, 2.24) is 0 Å². The number of benzene rings is 1. The maximum Gasteiger partial charge on any atom is 0.222 e. The van der Waals surface area contributed by atoms with Crippen molar-refractivity contribution in [1.29, 1.82) is 0 Å². The quantitative estimate of drug-likeness (QED) is 0.798. The standard InChI is InChI=1S/C14H22NO2/c1-14(2,3)15(11-16)9-10-17-13(15)12-7-5-4-6-8-12/h4-8,13,16H,9-11H2,1-3H3/q+1/t13?,15-/m0/s1. The molecule has 1 aromatic rings. The Labute approximate surface area is 103 Å². The summed E-state index contributed by atoms with van der Waals surface area (Å²) in [4.78, 5) is 0. The van der Waals surface area contributed by atoms with Crippen molar-refractivity contribution in [2.75, 3.05) is 19.9 Å². The van der Waals surface area contributed by atoms with Gasteiger partial charge in [-0.3, -0.25) is 4.48 Å². The normalized spacial score (nSPS) is 29.5. The molecular weight excluding hydrogens is 214 g/mol. The van der Waals surface area contributed by atoms with Crippen LogP contribution >= 0.6 is 0 Å². The van der Waals surface area contributed by atoms with Crippen LogP contribution in [0.5, 0.6) is 0 Å². The van der Waals surface area contributed by atoms with Gasteiger partial charge < -0.3 is 9.84 Å². The first-order chi connectivity index (χ1) is 8.01. The zero-order valence-corrected chi connectivity index (χ0v) is 10.9. The maximum atomic E-state index is 9.88. The lowest BCUT2D eigenvalue weighted by Gasteiger charge is -2.46. The Balaban J connectivity index is 2.40. The second-order valence-electron chi connectivity index (χ2n) is 5.70. The molecule has 0 aromatic heterocycles. The van der Waals surface area contributed by atoms with Gasteiger partial charge in [0.1, 0.15) is 13.2 Å². The Morgan fingerprint density at radius 1 is 1.29 bits per heavy atom. The van der Waals surface area contributed by atoms with Crippen molar-refractivity contribution in [3.63, 3.8) is 0 Å². The minimum absolute atomic E-state index is 0.0360. The van der Waals surface area contributed by atoms with Crippen LogP contribution in [0.4, 0.5) is 0 Å². The Hall–Kier alpha value is -0.900. The highest BCUT2D eigenvalue weighted by Crippen LogP contribution is 2.41. The second-order valence-corrected chi connectivity index (χ2v) is 5.70. The fourth-order valence-electron chi connectivity index (χ4n) is 2.63. The van der Waals surface area contributed by atoms with E-state index in [9.17, 15) is 5.11 Å².